The molecule has 0 fully saturated rings. The molecule has 0 aromatic heterocycles. The summed E-state index contributed by atoms with van der Waals surface area (Å²) in [6.07, 6.45) is -3.85. The van der Waals surface area contributed by atoms with E-state index in [1.54, 1.807) is 0 Å². The van der Waals surface area contributed by atoms with Crippen molar-refractivity contribution in [3.05, 3.63) is 0 Å². The molecule has 0 unspecified atom stereocenters. The third-order valence-electron chi connectivity index (χ3n) is 1.46. The van der Waals surface area contributed by atoms with Gasteiger partial charge in [-0.3, -0.25) is 0 Å². The van der Waals surface area contributed by atoms with Crippen LogP contribution in [0.25, 0.3) is 0 Å². The van der Waals surface area contributed by atoms with Gasteiger partial charge in [0, 0.05) is 19.5 Å². The van der Waals surface area contributed by atoms with Crippen LogP contribution < -0.4 is 10.6 Å². The molecule has 0 amide bonds. The van der Waals surface area contributed by atoms with Crippen LogP contribution in [0.15, 0.2) is 0 Å². The van der Waals surface area contributed by atoms with Crippen molar-refractivity contribution in [3.8, 4) is 0 Å². The molecule has 14 heavy (non-hydrogen) atoms. The molecule has 2 N–H and O–H groups in total. The SMILES string of the molecule is CCCNC(=S)NCCCC(F)(F)F. The summed E-state index contributed by atoms with van der Waals surface area (Å²) in [5.74, 6) is 0. The lowest BCUT2D eigenvalue weighted by Crippen LogP contribution is -2.36. The van der Waals surface area contributed by atoms with Gasteiger partial charge in [-0.2, -0.15) is 13.2 Å². The van der Waals surface area contributed by atoms with Crippen LogP contribution in [0.1, 0.15) is 26.2 Å². The molecule has 6 heteroatoms. The van der Waals surface area contributed by atoms with E-state index in [9.17, 15) is 13.2 Å². The Labute approximate surface area is 87.2 Å². The zero-order valence-corrected chi connectivity index (χ0v) is 8.89. The monoisotopic (exact) mass is 228 g/mol. The minimum atomic E-state index is -4.07. The Morgan fingerprint density at radius 1 is 1.21 bits per heavy atom. The second kappa shape index (κ2) is 6.86. The molecule has 0 saturated heterocycles. The van der Waals surface area contributed by atoms with Gasteiger partial charge in [-0.05, 0) is 25.1 Å². The van der Waals surface area contributed by atoms with Crippen LogP contribution in [-0.4, -0.2) is 24.4 Å². The highest BCUT2D eigenvalue weighted by atomic mass is 32.1. The molecule has 0 aliphatic heterocycles. The molecule has 0 radical (unpaired) electrons. The first kappa shape index (κ1) is 13.5. The lowest BCUT2D eigenvalue weighted by molar-refractivity contribution is -0.135. The average Bonchev–Trinajstić information content (AvgIpc) is 2.07. The molecular weight excluding hydrogens is 213 g/mol. The van der Waals surface area contributed by atoms with Crippen LogP contribution in [0.2, 0.25) is 0 Å². The van der Waals surface area contributed by atoms with Crippen molar-refractivity contribution in [3.63, 3.8) is 0 Å². The molecule has 0 bridgehead atoms. The smallest absolute Gasteiger partial charge is 0.363 e. The van der Waals surface area contributed by atoms with E-state index >= 15 is 0 Å². The highest BCUT2D eigenvalue weighted by Crippen LogP contribution is 2.20. The summed E-state index contributed by atoms with van der Waals surface area (Å²) in [6, 6.07) is 0. The molecule has 0 heterocycles. The van der Waals surface area contributed by atoms with Crippen molar-refractivity contribution in [1.82, 2.24) is 10.6 Å². The van der Waals surface area contributed by atoms with E-state index in [4.69, 9.17) is 12.2 Å². The lowest BCUT2D eigenvalue weighted by Gasteiger charge is -2.10. The van der Waals surface area contributed by atoms with E-state index in [-0.39, 0.29) is 13.0 Å². The van der Waals surface area contributed by atoms with Gasteiger partial charge in [0.1, 0.15) is 0 Å². The third-order valence-corrected chi connectivity index (χ3v) is 1.75. The van der Waals surface area contributed by atoms with Crippen molar-refractivity contribution in [2.45, 2.75) is 32.4 Å². The van der Waals surface area contributed by atoms with Crippen LogP contribution in [0.4, 0.5) is 13.2 Å². The quantitative estimate of drug-likeness (QED) is 0.557. The Morgan fingerprint density at radius 3 is 2.29 bits per heavy atom. The van der Waals surface area contributed by atoms with Gasteiger partial charge in [0.2, 0.25) is 0 Å². The predicted molar refractivity (Wildman–Crippen MR) is 54.2 cm³/mol. The van der Waals surface area contributed by atoms with E-state index < -0.39 is 12.6 Å². The lowest BCUT2D eigenvalue weighted by atomic mass is 10.3. The molecule has 0 atom stereocenters. The van der Waals surface area contributed by atoms with Crippen LogP contribution in [0, 0.1) is 0 Å². The number of hydrogen-bond donors (Lipinski definition) is 2. The molecule has 0 spiro atoms. The Balaban J connectivity index is 3.32. The van der Waals surface area contributed by atoms with Gasteiger partial charge < -0.3 is 10.6 Å². The maximum Gasteiger partial charge on any atom is 0.389 e. The van der Waals surface area contributed by atoms with Crippen LogP contribution in [-0.2, 0) is 0 Å². The second-order valence-electron chi connectivity index (χ2n) is 2.90. The molecule has 0 aromatic carbocycles. The molecule has 0 saturated carbocycles. The van der Waals surface area contributed by atoms with E-state index in [2.05, 4.69) is 10.6 Å². The zero-order chi connectivity index (χ0) is 11.0. The summed E-state index contributed by atoms with van der Waals surface area (Å²) in [5, 5.41) is 6.00. The molecule has 0 rings (SSSR count). The van der Waals surface area contributed by atoms with E-state index in [0.717, 1.165) is 13.0 Å². The number of alkyl halides is 3. The molecule has 0 aliphatic carbocycles. The topological polar surface area (TPSA) is 24.1 Å². The maximum absolute atomic E-state index is 11.7. The molecular formula is C8H15F3N2S. The van der Waals surface area contributed by atoms with Gasteiger partial charge in [0.25, 0.3) is 0 Å². The molecule has 84 valence electrons. The molecule has 0 aromatic rings. The Morgan fingerprint density at radius 2 is 1.79 bits per heavy atom. The van der Waals surface area contributed by atoms with Gasteiger partial charge >= 0.3 is 6.18 Å². The van der Waals surface area contributed by atoms with Gasteiger partial charge in [-0.25, -0.2) is 0 Å². The van der Waals surface area contributed by atoms with Gasteiger partial charge in [0.05, 0.1) is 0 Å². The summed E-state index contributed by atoms with van der Waals surface area (Å²) < 4.78 is 35.1. The standard InChI is InChI=1S/C8H15F3N2S/c1-2-5-12-7(14)13-6-3-4-8(9,10)11/h2-6H2,1H3,(H2,12,13,14). The summed E-state index contributed by atoms with van der Waals surface area (Å²) in [6.45, 7) is 2.99. The number of thiocarbonyl (C=S) groups is 1. The third kappa shape index (κ3) is 9.57. The highest BCUT2D eigenvalue weighted by molar-refractivity contribution is 7.80. The number of nitrogens with one attached hydrogen (secondary N) is 2. The molecule has 2 nitrogen and oxygen atoms in total. The van der Waals surface area contributed by atoms with E-state index in [0.29, 0.717) is 5.11 Å². The largest absolute Gasteiger partial charge is 0.389 e. The van der Waals surface area contributed by atoms with E-state index in [1.807, 2.05) is 6.92 Å². The van der Waals surface area contributed by atoms with Gasteiger partial charge in [0.15, 0.2) is 5.11 Å². The van der Waals surface area contributed by atoms with Gasteiger partial charge in [-0.1, -0.05) is 6.92 Å². The minimum absolute atomic E-state index is 0.0530. The summed E-state index contributed by atoms with van der Waals surface area (Å²) in [7, 11) is 0. The van der Waals surface area contributed by atoms with Crippen molar-refractivity contribution < 1.29 is 13.2 Å². The molecule has 0 aliphatic rings. The van der Waals surface area contributed by atoms with E-state index in [1.165, 1.54) is 0 Å². The summed E-state index contributed by atoms with van der Waals surface area (Å²) in [4.78, 5) is 0. The van der Waals surface area contributed by atoms with Gasteiger partial charge in [-0.15, -0.1) is 0 Å². The first-order chi connectivity index (χ1) is 6.45. The number of hydrogen-bond acceptors (Lipinski definition) is 1. The zero-order valence-electron chi connectivity index (χ0n) is 8.08. The van der Waals surface area contributed by atoms with Crippen LogP contribution in [0.3, 0.4) is 0 Å². The van der Waals surface area contributed by atoms with Crippen LogP contribution in [0.5, 0.6) is 0 Å². The normalized spacial score (nSPS) is 11.1. The maximum atomic E-state index is 11.7. The number of rotatable bonds is 5. The average molecular weight is 228 g/mol. The van der Waals surface area contributed by atoms with Crippen molar-refractivity contribution in [1.29, 1.82) is 0 Å². The van der Waals surface area contributed by atoms with Crippen molar-refractivity contribution in [2.75, 3.05) is 13.1 Å². The number of halogens is 3. The predicted octanol–water partition coefficient (Wildman–Crippen LogP) is 2.20. The Kier molecular flexibility index (Phi) is 6.61. The minimum Gasteiger partial charge on any atom is -0.363 e. The first-order valence-corrected chi connectivity index (χ1v) is 4.95. The first-order valence-electron chi connectivity index (χ1n) is 4.54. The second-order valence-corrected chi connectivity index (χ2v) is 3.31. The van der Waals surface area contributed by atoms with Crippen molar-refractivity contribution in [2.24, 2.45) is 0 Å². The van der Waals surface area contributed by atoms with Crippen molar-refractivity contribution >= 4 is 17.3 Å². The Hall–Kier alpha value is -0.520. The van der Waals surface area contributed by atoms with Crippen LogP contribution >= 0.6 is 12.2 Å². The fraction of sp³-hybridized carbons (Fsp3) is 0.875. The fourth-order valence-corrected chi connectivity index (χ4v) is 0.996. The summed E-state index contributed by atoms with van der Waals surface area (Å²) in [5.41, 5.74) is 0. The summed E-state index contributed by atoms with van der Waals surface area (Å²) >= 11 is 4.82. The highest BCUT2D eigenvalue weighted by Gasteiger charge is 2.25. The fourth-order valence-electron chi connectivity index (χ4n) is 0.792. The Bertz CT molecular complexity index is 170.